The van der Waals surface area contributed by atoms with E-state index >= 15 is 0 Å². The van der Waals surface area contributed by atoms with E-state index in [2.05, 4.69) is 10.3 Å². The van der Waals surface area contributed by atoms with Crippen LogP contribution >= 0.6 is 0 Å². The van der Waals surface area contributed by atoms with E-state index in [0.717, 1.165) is 18.4 Å². The van der Waals surface area contributed by atoms with Crippen molar-refractivity contribution in [3.63, 3.8) is 0 Å². The van der Waals surface area contributed by atoms with Crippen LogP contribution in [0.5, 0.6) is 5.75 Å². The fraction of sp³-hybridized carbons (Fsp3) is 0.333. The van der Waals surface area contributed by atoms with Gasteiger partial charge < -0.3 is 14.5 Å². The Hall–Kier alpha value is -3.17. The lowest BCUT2D eigenvalue weighted by Crippen LogP contribution is -2.28. The third kappa shape index (κ3) is 5.43. The molecule has 1 fully saturated rings. The van der Waals surface area contributed by atoms with Crippen LogP contribution in [0.4, 0.5) is 5.69 Å². The topological polar surface area (TPSA) is 102 Å². The first-order valence-corrected chi connectivity index (χ1v) is 12.5. The van der Waals surface area contributed by atoms with Gasteiger partial charge >= 0.3 is 0 Å². The van der Waals surface area contributed by atoms with Crippen LogP contribution in [0.25, 0.3) is 11.3 Å². The molecule has 0 radical (unpaired) electrons. The summed E-state index contributed by atoms with van der Waals surface area (Å²) >= 11 is 0. The fourth-order valence-electron chi connectivity index (χ4n) is 3.74. The summed E-state index contributed by atoms with van der Waals surface area (Å²) in [4.78, 5) is 16.8. The summed E-state index contributed by atoms with van der Waals surface area (Å²) in [6.45, 7) is 3.13. The molecule has 1 aliphatic rings. The molecule has 9 heteroatoms. The fourth-order valence-corrected chi connectivity index (χ4v) is 5.41. The number of sulfonamides is 1. The zero-order valence-corrected chi connectivity index (χ0v) is 19.3. The van der Waals surface area contributed by atoms with Crippen molar-refractivity contribution >= 4 is 21.6 Å². The van der Waals surface area contributed by atoms with Crippen LogP contribution in [0.3, 0.4) is 0 Å². The molecule has 0 unspecified atom stereocenters. The zero-order chi connectivity index (χ0) is 23.3. The van der Waals surface area contributed by atoms with Gasteiger partial charge in [0.25, 0.3) is 0 Å². The predicted molar refractivity (Wildman–Crippen MR) is 124 cm³/mol. The van der Waals surface area contributed by atoms with E-state index in [0.29, 0.717) is 43.5 Å². The Labute approximate surface area is 193 Å². The van der Waals surface area contributed by atoms with Crippen LogP contribution in [0.1, 0.15) is 32.1 Å². The summed E-state index contributed by atoms with van der Waals surface area (Å²) in [7, 11) is -3.70. The summed E-state index contributed by atoms with van der Waals surface area (Å²) in [5.74, 6) is 1.14. The summed E-state index contributed by atoms with van der Waals surface area (Å²) < 4.78 is 39.0. The number of nitrogens with zero attached hydrogens (tertiary/aromatic N) is 2. The molecule has 2 heterocycles. The maximum atomic E-state index is 13.1. The second kappa shape index (κ2) is 10.2. The molecule has 4 rings (SSSR count). The molecule has 0 aliphatic carbocycles. The van der Waals surface area contributed by atoms with Gasteiger partial charge in [0.05, 0.1) is 12.8 Å². The summed E-state index contributed by atoms with van der Waals surface area (Å²) in [5.41, 5.74) is 1.32. The second-order valence-electron chi connectivity index (χ2n) is 7.74. The third-order valence-electron chi connectivity index (χ3n) is 5.39. The van der Waals surface area contributed by atoms with Crippen molar-refractivity contribution in [1.82, 2.24) is 9.29 Å². The molecule has 1 aliphatic heterocycles. The summed E-state index contributed by atoms with van der Waals surface area (Å²) in [6.07, 6.45) is 3.80. The highest BCUT2D eigenvalue weighted by Crippen LogP contribution is 2.31. The van der Waals surface area contributed by atoms with Gasteiger partial charge in [0, 0.05) is 37.2 Å². The van der Waals surface area contributed by atoms with Gasteiger partial charge in [0.15, 0.2) is 11.7 Å². The highest BCUT2D eigenvalue weighted by Gasteiger charge is 2.30. The quantitative estimate of drug-likeness (QED) is 0.506. The Morgan fingerprint density at radius 1 is 1.15 bits per heavy atom. The highest BCUT2D eigenvalue weighted by atomic mass is 32.2. The van der Waals surface area contributed by atoms with Crippen LogP contribution in [-0.4, -0.2) is 43.3 Å². The van der Waals surface area contributed by atoms with Crippen LogP contribution < -0.4 is 10.1 Å². The van der Waals surface area contributed by atoms with Crippen molar-refractivity contribution in [3.8, 4) is 17.1 Å². The second-order valence-corrected chi connectivity index (χ2v) is 9.64. The standard InChI is InChI=1S/C24H27N3O5S/c1-2-31-20-11-10-19(16-22(20)33(29,30)27-14-6-7-15-27)26-23(28)12-13-24-25-17-21(32-24)18-8-4-3-5-9-18/h3-5,8-11,16-17H,2,6-7,12-15H2,1H3,(H,26,28). The number of hydrogen-bond acceptors (Lipinski definition) is 6. The maximum absolute atomic E-state index is 13.1. The first-order chi connectivity index (χ1) is 16.0. The molecule has 1 saturated heterocycles. The van der Waals surface area contributed by atoms with Gasteiger partial charge in [0.1, 0.15) is 10.6 Å². The Morgan fingerprint density at radius 2 is 1.91 bits per heavy atom. The molecule has 8 nitrogen and oxygen atoms in total. The smallest absolute Gasteiger partial charge is 0.246 e. The Kier molecular flexibility index (Phi) is 7.10. The van der Waals surface area contributed by atoms with Gasteiger partial charge in [0.2, 0.25) is 15.9 Å². The Balaban J connectivity index is 1.43. The van der Waals surface area contributed by atoms with E-state index in [-0.39, 0.29) is 23.0 Å². The van der Waals surface area contributed by atoms with E-state index in [1.807, 2.05) is 30.3 Å². The van der Waals surface area contributed by atoms with Crippen molar-refractivity contribution in [2.75, 3.05) is 25.0 Å². The number of carbonyl (C=O) groups is 1. The first kappa shape index (κ1) is 23.0. The minimum Gasteiger partial charge on any atom is -0.492 e. The van der Waals surface area contributed by atoms with Gasteiger partial charge in [-0.1, -0.05) is 30.3 Å². The van der Waals surface area contributed by atoms with E-state index in [1.165, 1.54) is 10.4 Å². The molecular weight excluding hydrogens is 442 g/mol. The number of rotatable bonds is 9. The number of anilines is 1. The average molecular weight is 470 g/mol. The first-order valence-electron chi connectivity index (χ1n) is 11.0. The van der Waals surface area contributed by atoms with Crippen molar-refractivity contribution in [2.45, 2.75) is 37.5 Å². The largest absolute Gasteiger partial charge is 0.492 e. The maximum Gasteiger partial charge on any atom is 0.246 e. The number of oxazole rings is 1. The summed E-state index contributed by atoms with van der Waals surface area (Å²) in [5, 5.41) is 2.78. The molecule has 0 bridgehead atoms. The molecule has 174 valence electrons. The molecule has 33 heavy (non-hydrogen) atoms. The predicted octanol–water partition coefficient (Wildman–Crippen LogP) is 4.10. The van der Waals surface area contributed by atoms with Gasteiger partial charge in [-0.2, -0.15) is 4.31 Å². The van der Waals surface area contributed by atoms with Crippen molar-refractivity contribution in [1.29, 1.82) is 0 Å². The monoisotopic (exact) mass is 469 g/mol. The van der Waals surface area contributed by atoms with Crippen LogP contribution in [0.15, 0.2) is 64.0 Å². The van der Waals surface area contributed by atoms with Crippen LogP contribution in [0.2, 0.25) is 0 Å². The molecule has 0 atom stereocenters. The molecule has 3 aromatic rings. The zero-order valence-electron chi connectivity index (χ0n) is 18.5. The molecule has 1 amide bonds. The minimum atomic E-state index is -3.70. The number of benzene rings is 2. The normalized spacial score (nSPS) is 14.3. The highest BCUT2D eigenvalue weighted by molar-refractivity contribution is 7.89. The Morgan fingerprint density at radius 3 is 2.64 bits per heavy atom. The SMILES string of the molecule is CCOc1ccc(NC(=O)CCc2ncc(-c3ccccc3)o2)cc1S(=O)(=O)N1CCCC1. The van der Waals surface area contributed by atoms with Gasteiger partial charge in [-0.05, 0) is 38.0 Å². The molecule has 1 N–H and O–H groups in total. The van der Waals surface area contributed by atoms with Crippen LogP contribution in [-0.2, 0) is 21.2 Å². The van der Waals surface area contributed by atoms with E-state index in [1.54, 1.807) is 25.3 Å². The molecule has 1 aromatic heterocycles. The van der Waals surface area contributed by atoms with Crippen molar-refractivity contribution < 1.29 is 22.4 Å². The van der Waals surface area contributed by atoms with Gasteiger partial charge in [-0.25, -0.2) is 13.4 Å². The lowest BCUT2D eigenvalue weighted by molar-refractivity contribution is -0.116. The molecule has 2 aromatic carbocycles. The number of ether oxygens (including phenoxy) is 1. The number of amides is 1. The number of carbonyl (C=O) groups excluding carboxylic acids is 1. The van der Waals surface area contributed by atoms with Crippen LogP contribution in [0, 0.1) is 0 Å². The molecule has 0 spiro atoms. The molecular formula is C24H27N3O5S. The van der Waals surface area contributed by atoms with E-state index in [4.69, 9.17) is 9.15 Å². The number of hydrogen-bond donors (Lipinski definition) is 1. The number of aryl methyl sites for hydroxylation is 1. The Bertz CT molecular complexity index is 1200. The summed E-state index contributed by atoms with van der Waals surface area (Å²) in [6, 6.07) is 14.3. The van der Waals surface area contributed by atoms with Gasteiger partial charge in [-0.15, -0.1) is 0 Å². The number of aromatic nitrogens is 1. The van der Waals surface area contributed by atoms with Crippen molar-refractivity contribution in [2.24, 2.45) is 0 Å². The lowest BCUT2D eigenvalue weighted by atomic mass is 10.2. The molecule has 0 saturated carbocycles. The van der Waals surface area contributed by atoms with Crippen molar-refractivity contribution in [3.05, 3.63) is 60.6 Å². The third-order valence-corrected chi connectivity index (χ3v) is 7.31. The minimum absolute atomic E-state index is 0.0734. The lowest BCUT2D eigenvalue weighted by Gasteiger charge is -2.19. The average Bonchev–Trinajstić information content (AvgIpc) is 3.52. The number of nitrogens with one attached hydrogen (secondary N) is 1. The van der Waals surface area contributed by atoms with E-state index < -0.39 is 10.0 Å². The van der Waals surface area contributed by atoms with Gasteiger partial charge in [-0.3, -0.25) is 4.79 Å². The van der Waals surface area contributed by atoms with E-state index in [9.17, 15) is 13.2 Å².